The molecule has 3 heterocycles. The predicted octanol–water partition coefficient (Wildman–Crippen LogP) is 1.84. The van der Waals surface area contributed by atoms with Gasteiger partial charge in [-0.1, -0.05) is 12.1 Å². The van der Waals surface area contributed by atoms with Crippen LogP contribution >= 0.6 is 0 Å². The van der Waals surface area contributed by atoms with E-state index in [-0.39, 0.29) is 5.56 Å². The second-order valence-electron chi connectivity index (χ2n) is 7.17. The van der Waals surface area contributed by atoms with Gasteiger partial charge in [-0.3, -0.25) is 9.78 Å². The van der Waals surface area contributed by atoms with Crippen molar-refractivity contribution >= 4 is 0 Å². The predicted molar refractivity (Wildman–Crippen MR) is 97.0 cm³/mol. The molecular formula is C20H25N3O2. The molecule has 1 N–H and O–H groups in total. The second kappa shape index (κ2) is 7.10. The number of fused-ring (bicyclic) bond motifs is 1. The molecule has 1 fully saturated rings. The molecule has 2 aromatic rings. The number of rotatable bonds is 4. The van der Waals surface area contributed by atoms with Gasteiger partial charge in [0, 0.05) is 36.1 Å². The van der Waals surface area contributed by atoms with Gasteiger partial charge in [0.15, 0.2) is 0 Å². The van der Waals surface area contributed by atoms with Crippen LogP contribution in [0.4, 0.5) is 0 Å². The van der Waals surface area contributed by atoms with Gasteiger partial charge in [-0.15, -0.1) is 0 Å². The first-order chi connectivity index (χ1) is 12.2. The molecule has 25 heavy (non-hydrogen) atoms. The number of nitrogens with one attached hydrogen (secondary N) is 1. The van der Waals surface area contributed by atoms with Gasteiger partial charge in [0.1, 0.15) is 0 Å². The zero-order valence-electron chi connectivity index (χ0n) is 14.7. The van der Waals surface area contributed by atoms with Crippen molar-refractivity contribution in [2.45, 2.75) is 51.2 Å². The molecule has 0 bridgehead atoms. The quantitative estimate of drug-likeness (QED) is 0.923. The number of nitrogens with zero attached hydrogens (tertiary/aromatic N) is 2. The molecule has 0 saturated carbocycles. The van der Waals surface area contributed by atoms with Crippen LogP contribution in [0.25, 0.3) is 0 Å². The zero-order chi connectivity index (χ0) is 17.2. The van der Waals surface area contributed by atoms with Crippen molar-refractivity contribution < 1.29 is 4.74 Å². The Morgan fingerprint density at radius 2 is 2.16 bits per heavy atom. The first-order valence-corrected chi connectivity index (χ1v) is 9.17. The fourth-order valence-electron chi connectivity index (χ4n) is 3.99. The van der Waals surface area contributed by atoms with Crippen molar-refractivity contribution in [2.24, 2.45) is 0 Å². The van der Waals surface area contributed by atoms with Gasteiger partial charge in [-0.05, 0) is 50.3 Å². The Morgan fingerprint density at radius 3 is 2.96 bits per heavy atom. The average molecular weight is 339 g/mol. The van der Waals surface area contributed by atoms with Crippen LogP contribution in [0.5, 0.6) is 0 Å². The number of hydrogen-bond donors (Lipinski definition) is 1. The minimum atomic E-state index is 0.0673. The molecule has 5 nitrogen and oxygen atoms in total. The number of aromatic nitrogens is 2. The maximum Gasteiger partial charge on any atom is 0.251 e. The molecule has 0 spiro atoms. The Morgan fingerprint density at radius 1 is 1.24 bits per heavy atom. The fraction of sp³-hybridized carbons (Fsp3) is 0.500. The topological polar surface area (TPSA) is 56.2 Å². The molecular weight excluding hydrogens is 314 g/mol. The highest BCUT2D eigenvalue weighted by Gasteiger charge is 2.25. The maximum absolute atomic E-state index is 12.4. The molecule has 1 aliphatic heterocycles. The van der Waals surface area contributed by atoms with E-state index in [1.807, 2.05) is 35.8 Å². The first kappa shape index (κ1) is 16.5. The third kappa shape index (κ3) is 3.67. The number of aryl methyl sites for hydroxylation is 1. The third-order valence-electron chi connectivity index (χ3n) is 5.25. The molecule has 132 valence electrons. The normalized spacial score (nSPS) is 22.8. The van der Waals surface area contributed by atoms with Crippen molar-refractivity contribution in [1.82, 2.24) is 14.9 Å². The Bertz CT molecular complexity index is 809. The van der Waals surface area contributed by atoms with Gasteiger partial charge in [0.25, 0.3) is 5.56 Å². The van der Waals surface area contributed by atoms with E-state index in [0.29, 0.717) is 18.6 Å². The Labute approximate surface area is 148 Å². The van der Waals surface area contributed by atoms with E-state index in [0.717, 1.165) is 50.3 Å². The second-order valence-corrected chi connectivity index (χ2v) is 7.17. The standard InChI is InChI=1S/C20H25N3O2/c1-14-3-2-4-17(21-14)12-23-19-7-6-16(22-18-9-10-25-13-18)11-15(19)5-8-20(23)24/h2-5,8,16,18,22H,6-7,9-13H2,1H3/t16-,18-/m1/s1. The molecule has 5 heteroatoms. The lowest BCUT2D eigenvalue weighted by atomic mass is 9.90. The third-order valence-corrected chi connectivity index (χ3v) is 5.25. The van der Waals surface area contributed by atoms with Gasteiger partial charge < -0.3 is 14.6 Å². The summed E-state index contributed by atoms with van der Waals surface area (Å²) in [6.45, 7) is 4.22. The fourth-order valence-corrected chi connectivity index (χ4v) is 3.99. The van der Waals surface area contributed by atoms with Crippen molar-refractivity contribution in [2.75, 3.05) is 13.2 Å². The highest BCUT2D eigenvalue weighted by atomic mass is 16.5. The summed E-state index contributed by atoms with van der Waals surface area (Å²) in [4.78, 5) is 17.0. The van der Waals surface area contributed by atoms with Crippen LogP contribution in [0, 0.1) is 6.92 Å². The lowest BCUT2D eigenvalue weighted by Gasteiger charge is -2.29. The van der Waals surface area contributed by atoms with Gasteiger partial charge >= 0.3 is 0 Å². The Kier molecular flexibility index (Phi) is 4.68. The number of pyridine rings is 2. The van der Waals surface area contributed by atoms with Crippen LogP contribution < -0.4 is 10.9 Å². The lowest BCUT2D eigenvalue weighted by Crippen LogP contribution is -2.43. The number of ether oxygens (including phenoxy) is 1. The van der Waals surface area contributed by atoms with Crippen LogP contribution in [0.2, 0.25) is 0 Å². The summed E-state index contributed by atoms with van der Waals surface area (Å²) in [5.74, 6) is 0. The molecule has 0 amide bonds. The minimum Gasteiger partial charge on any atom is -0.380 e. The summed E-state index contributed by atoms with van der Waals surface area (Å²) in [5, 5.41) is 3.73. The molecule has 2 atom stereocenters. The van der Waals surface area contributed by atoms with Gasteiger partial charge in [0.2, 0.25) is 0 Å². The molecule has 1 aliphatic carbocycles. The van der Waals surface area contributed by atoms with Gasteiger partial charge in [-0.2, -0.15) is 0 Å². The van der Waals surface area contributed by atoms with Crippen LogP contribution in [-0.4, -0.2) is 34.8 Å². The lowest BCUT2D eigenvalue weighted by molar-refractivity contribution is 0.187. The zero-order valence-corrected chi connectivity index (χ0v) is 14.7. The van der Waals surface area contributed by atoms with E-state index in [9.17, 15) is 4.79 Å². The molecule has 2 aliphatic rings. The molecule has 1 saturated heterocycles. The van der Waals surface area contributed by atoms with Crippen molar-refractivity contribution in [3.8, 4) is 0 Å². The van der Waals surface area contributed by atoms with E-state index < -0.39 is 0 Å². The van der Waals surface area contributed by atoms with E-state index in [1.165, 1.54) is 11.3 Å². The average Bonchev–Trinajstić information content (AvgIpc) is 3.10. The molecule has 4 rings (SSSR count). The SMILES string of the molecule is Cc1cccc(Cn2c3c(ccc2=O)C[C@H](N[C@@H]2CCOC2)CC3)n1. The van der Waals surface area contributed by atoms with E-state index in [4.69, 9.17) is 4.74 Å². The summed E-state index contributed by atoms with van der Waals surface area (Å²) < 4.78 is 7.37. The van der Waals surface area contributed by atoms with Crippen molar-refractivity contribution in [3.63, 3.8) is 0 Å². The summed E-state index contributed by atoms with van der Waals surface area (Å²) in [6.07, 6.45) is 4.08. The Balaban J connectivity index is 1.55. The highest BCUT2D eigenvalue weighted by molar-refractivity contribution is 5.26. The summed E-state index contributed by atoms with van der Waals surface area (Å²) >= 11 is 0. The van der Waals surface area contributed by atoms with Gasteiger partial charge in [0.05, 0.1) is 18.8 Å². The van der Waals surface area contributed by atoms with Crippen LogP contribution in [0.1, 0.15) is 35.5 Å². The maximum atomic E-state index is 12.4. The molecule has 2 aromatic heterocycles. The molecule has 0 radical (unpaired) electrons. The Hall–Kier alpha value is -1.98. The van der Waals surface area contributed by atoms with Crippen LogP contribution in [0.15, 0.2) is 35.1 Å². The smallest absolute Gasteiger partial charge is 0.251 e. The van der Waals surface area contributed by atoms with E-state index in [2.05, 4.69) is 10.3 Å². The van der Waals surface area contributed by atoms with Gasteiger partial charge in [-0.25, -0.2) is 0 Å². The monoisotopic (exact) mass is 339 g/mol. The molecule has 0 aromatic carbocycles. The summed E-state index contributed by atoms with van der Waals surface area (Å²) in [5.41, 5.74) is 4.46. The minimum absolute atomic E-state index is 0.0673. The summed E-state index contributed by atoms with van der Waals surface area (Å²) in [6, 6.07) is 10.6. The summed E-state index contributed by atoms with van der Waals surface area (Å²) in [7, 11) is 0. The number of hydrogen-bond acceptors (Lipinski definition) is 4. The van der Waals surface area contributed by atoms with E-state index in [1.54, 1.807) is 6.07 Å². The van der Waals surface area contributed by atoms with Crippen LogP contribution in [-0.2, 0) is 24.1 Å². The molecule has 0 unspecified atom stereocenters. The largest absolute Gasteiger partial charge is 0.380 e. The van der Waals surface area contributed by atoms with E-state index >= 15 is 0 Å². The first-order valence-electron chi connectivity index (χ1n) is 9.17. The van der Waals surface area contributed by atoms with Crippen molar-refractivity contribution in [3.05, 3.63) is 63.3 Å². The highest BCUT2D eigenvalue weighted by Crippen LogP contribution is 2.22. The van der Waals surface area contributed by atoms with Crippen LogP contribution in [0.3, 0.4) is 0 Å². The van der Waals surface area contributed by atoms with Crippen molar-refractivity contribution in [1.29, 1.82) is 0 Å².